The minimum Gasteiger partial charge on any atom is -0.315 e. The van der Waals surface area contributed by atoms with Gasteiger partial charge in [0, 0.05) is 32.0 Å². The van der Waals surface area contributed by atoms with E-state index in [1.54, 1.807) is 0 Å². The predicted molar refractivity (Wildman–Crippen MR) is 92.2 cm³/mol. The molecule has 0 saturated carbocycles. The van der Waals surface area contributed by atoms with Gasteiger partial charge in [0.25, 0.3) is 0 Å². The Kier molecular flexibility index (Phi) is 4.43. The van der Waals surface area contributed by atoms with E-state index in [1.165, 1.54) is 43.0 Å². The zero-order valence-corrected chi connectivity index (χ0v) is 13.9. The summed E-state index contributed by atoms with van der Waals surface area (Å²) in [5.74, 6) is 2.66. The van der Waals surface area contributed by atoms with Crippen molar-refractivity contribution in [3.05, 3.63) is 53.4 Å². The molecule has 4 rings (SSSR count). The smallest absolute Gasteiger partial charge is 0.137 e. The second-order valence-corrected chi connectivity index (χ2v) is 6.78. The summed E-state index contributed by atoms with van der Waals surface area (Å²) in [4.78, 5) is 2.48. The second-order valence-electron chi connectivity index (χ2n) is 6.78. The topological polar surface area (TPSA) is 34.0 Å². The number of halogens is 1. The summed E-state index contributed by atoms with van der Waals surface area (Å²) in [6.07, 6.45) is 8.92. The zero-order chi connectivity index (χ0) is 16.4. The van der Waals surface area contributed by atoms with Crippen molar-refractivity contribution >= 4 is 6.08 Å². The molecule has 0 N–H and O–H groups in total. The fourth-order valence-electron chi connectivity index (χ4n) is 3.82. The molecule has 2 aliphatic rings. The molecule has 0 aliphatic carbocycles. The fourth-order valence-corrected chi connectivity index (χ4v) is 3.82. The Balaban J connectivity index is 1.37. The molecule has 2 aromatic rings. The van der Waals surface area contributed by atoms with Crippen LogP contribution in [0.1, 0.15) is 42.4 Å². The van der Waals surface area contributed by atoms with E-state index >= 15 is 0 Å². The third-order valence-corrected chi connectivity index (χ3v) is 5.05. The molecule has 5 heteroatoms. The molecule has 1 fully saturated rings. The van der Waals surface area contributed by atoms with Crippen molar-refractivity contribution in [2.24, 2.45) is 0 Å². The molecule has 2 aliphatic heterocycles. The first kappa shape index (κ1) is 15.5. The Labute approximate surface area is 142 Å². The van der Waals surface area contributed by atoms with Gasteiger partial charge in [-0.3, -0.25) is 4.90 Å². The maximum Gasteiger partial charge on any atom is 0.137 e. The Morgan fingerprint density at radius 1 is 1.12 bits per heavy atom. The number of rotatable bonds is 4. The van der Waals surface area contributed by atoms with Gasteiger partial charge in [0.1, 0.15) is 17.5 Å². The molecule has 0 bridgehead atoms. The number of hydrogen-bond acceptors (Lipinski definition) is 3. The lowest BCUT2D eigenvalue weighted by Crippen LogP contribution is -2.35. The van der Waals surface area contributed by atoms with E-state index in [2.05, 4.69) is 31.8 Å². The van der Waals surface area contributed by atoms with Crippen LogP contribution in [0, 0.1) is 5.82 Å². The van der Waals surface area contributed by atoms with Crippen molar-refractivity contribution in [3.8, 4) is 0 Å². The lowest BCUT2D eigenvalue weighted by Gasteiger charge is -2.31. The van der Waals surface area contributed by atoms with Gasteiger partial charge in [0.2, 0.25) is 0 Å². The van der Waals surface area contributed by atoms with Crippen molar-refractivity contribution in [2.75, 3.05) is 19.6 Å². The van der Waals surface area contributed by atoms with Crippen molar-refractivity contribution in [1.82, 2.24) is 19.7 Å². The van der Waals surface area contributed by atoms with Crippen LogP contribution in [0.2, 0.25) is 0 Å². The number of benzene rings is 1. The maximum absolute atomic E-state index is 12.9. The highest BCUT2D eigenvalue weighted by atomic mass is 19.1. The Morgan fingerprint density at radius 2 is 2.00 bits per heavy atom. The molecule has 1 saturated heterocycles. The molecular weight excluding hydrogens is 303 g/mol. The van der Waals surface area contributed by atoms with Crippen LogP contribution in [0.3, 0.4) is 0 Å². The van der Waals surface area contributed by atoms with Gasteiger partial charge in [-0.05, 0) is 43.5 Å². The molecule has 126 valence electrons. The minimum absolute atomic E-state index is 0.188. The third kappa shape index (κ3) is 3.26. The quantitative estimate of drug-likeness (QED) is 0.865. The third-order valence-electron chi connectivity index (χ3n) is 5.05. The van der Waals surface area contributed by atoms with Gasteiger partial charge in [-0.25, -0.2) is 4.39 Å². The number of piperidine rings is 1. The second kappa shape index (κ2) is 6.85. The molecule has 1 aromatic heterocycles. The van der Waals surface area contributed by atoms with Crippen molar-refractivity contribution in [1.29, 1.82) is 0 Å². The largest absolute Gasteiger partial charge is 0.315 e. The first-order valence-corrected chi connectivity index (χ1v) is 8.86. The number of aromatic nitrogens is 3. The molecule has 4 nitrogen and oxygen atoms in total. The molecule has 1 atom stereocenters. The van der Waals surface area contributed by atoms with Crippen molar-refractivity contribution in [2.45, 2.75) is 38.1 Å². The van der Waals surface area contributed by atoms with Crippen LogP contribution >= 0.6 is 0 Å². The van der Waals surface area contributed by atoms with Crippen LogP contribution in [0.5, 0.6) is 0 Å². The number of aryl methyl sites for hydroxylation is 1. The van der Waals surface area contributed by atoms with E-state index in [0.717, 1.165) is 38.2 Å². The molecule has 3 heterocycles. The van der Waals surface area contributed by atoms with E-state index in [9.17, 15) is 4.39 Å². The highest BCUT2D eigenvalue weighted by Gasteiger charge is 2.27. The first-order valence-electron chi connectivity index (χ1n) is 8.86. The summed E-state index contributed by atoms with van der Waals surface area (Å²) >= 11 is 0. The highest BCUT2D eigenvalue weighted by molar-refractivity contribution is 5.48. The van der Waals surface area contributed by atoms with E-state index in [1.807, 2.05) is 12.1 Å². The van der Waals surface area contributed by atoms with E-state index < -0.39 is 0 Å². The van der Waals surface area contributed by atoms with Crippen LogP contribution in [-0.4, -0.2) is 39.3 Å². The molecule has 0 amide bonds. The van der Waals surface area contributed by atoms with Crippen LogP contribution < -0.4 is 0 Å². The summed E-state index contributed by atoms with van der Waals surface area (Å²) in [6, 6.07) is 6.62. The van der Waals surface area contributed by atoms with Crippen molar-refractivity contribution in [3.63, 3.8) is 0 Å². The van der Waals surface area contributed by atoms with Crippen LogP contribution in [0.15, 0.2) is 30.3 Å². The Hall–Kier alpha value is -2.01. The van der Waals surface area contributed by atoms with E-state index in [4.69, 9.17) is 0 Å². The van der Waals surface area contributed by atoms with Gasteiger partial charge in [0.15, 0.2) is 0 Å². The number of fused-ring (bicyclic) bond motifs is 1. The molecule has 1 aromatic carbocycles. The van der Waals surface area contributed by atoms with Gasteiger partial charge < -0.3 is 4.57 Å². The molecule has 24 heavy (non-hydrogen) atoms. The average Bonchev–Trinajstić information content (AvgIpc) is 3.20. The van der Waals surface area contributed by atoms with Gasteiger partial charge in [-0.2, -0.15) is 0 Å². The van der Waals surface area contributed by atoms with Gasteiger partial charge in [-0.15, -0.1) is 10.2 Å². The van der Waals surface area contributed by atoms with Gasteiger partial charge in [-0.1, -0.05) is 24.3 Å². The van der Waals surface area contributed by atoms with E-state index in [-0.39, 0.29) is 5.82 Å². The van der Waals surface area contributed by atoms with Gasteiger partial charge in [0.05, 0.1) is 0 Å². The Bertz CT molecular complexity index is 719. The summed E-state index contributed by atoms with van der Waals surface area (Å²) in [7, 11) is 0. The lowest BCUT2D eigenvalue weighted by molar-refractivity contribution is 0.221. The minimum atomic E-state index is -0.188. The monoisotopic (exact) mass is 326 g/mol. The van der Waals surface area contributed by atoms with Crippen LogP contribution in [-0.2, 0) is 13.0 Å². The standard InChI is InChI=1S/C19H23FN4/c20-17-9-7-15(8-10-17)4-1-11-23-12-2-5-16(14-23)19-22-21-18-6-3-13-24(18)19/h1,4,7-10,16H,2-3,5-6,11-14H2. The summed E-state index contributed by atoms with van der Waals surface area (Å²) in [5, 5.41) is 8.82. The first-order chi connectivity index (χ1) is 11.8. The number of nitrogens with zero attached hydrogens (tertiary/aromatic N) is 4. The summed E-state index contributed by atoms with van der Waals surface area (Å²) in [5.41, 5.74) is 1.04. The average molecular weight is 326 g/mol. The molecule has 1 unspecified atom stereocenters. The van der Waals surface area contributed by atoms with Crippen LogP contribution in [0.25, 0.3) is 6.08 Å². The zero-order valence-electron chi connectivity index (χ0n) is 13.9. The maximum atomic E-state index is 12.9. The molecular formula is C19H23FN4. The predicted octanol–water partition coefficient (Wildman–Crippen LogP) is 3.26. The summed E-state index contributed by atoms with van der Waals surface area (Å²) in [6.45, 7) is 4.19. The van der Waals surface area contributed by atoms with Gasteiger partial charge >= 0.3 is 0 Å². The SMILES string of the molecule is Fc1ccc(C=CCN2CCCC(c3nnc4n3CCC4)C2)cc1. The summed E-state index contributed by atoms with van der Waals surface area (Å²) < 4.78 is 15.3. The number of hydrogen-bond donors (Lipinski definition) is 0. The van der Waals surface area contributed by atoms with E-state index in [0.29, 0.717) is 5.92 Å². The Morgan fingerprint density at radius 3 is 2.88 bits per heavy atom. The fraction of sp³-hybridized carbons (Fsp3) is 0.474. The number of likely N-dealkylation sites (tertiary alicyclic amines) is 1. The lowest BCUT2D eigenvalue weighted by atomic mass is 9.97. The highest BCUT2D eigenvalue weighted by Crippen LogP contribution is 2.28. The molecule has 0 radical (unpaired) electrons. The normalized spacial score (nSPS) is 21.5. The van der Waals surface area contributed by atoms with Crippen molar-refractivity contribution < 1.29 is 4.39 Å². The molecule has 0 spiro atoms. The van der Waals surface area contributed by atoms with Crippen LogP contribution in [0.4, 0.5) is 4.39 Å².